The minimum Gasteiger partial charge on any atom is -0.478 e. The molecule has 1 N–H and O–H groups in total. The van der Waals surface area contributed by atoms with Crippen LogP contribution < -0.4 is 0 Å². The highest BCUT2D eigenvalue weighted by Gasteiger charge is 2.27. The molecule has 0 saturated heterocycles. The summed E-state index contributed by atoms with van der Waals surface area (Å²) in [6, 6.07) is 0. The van der Waals surface area contributed by atoms with Crippen molar-refractivity contribution in [3.8, 4) is 11.8 Å². The zero-order valence-corrected chi connectivity index (χ0v) is 15.3. The van der Waals surface area contributed by atoms with E-state index in [-0.39, 0.29) is 5.41 Å². The Balaban J connectivity index is 2.25. The largest absolute Gasteiger partial charge is 0.478 e. The Bertz CT molecular complexity index is 700. The quantitative estimate of drug-likeness (QED) is 0.418. The van der Waals surface area contributed by atoms with Crippen LogP contribution in [0.2, 0.25) is 0 Å². The van der Waals surface area contributed by atoms with Crippen LogP contribution >= 0.6 is 0 Å². The summed E-state index contributed by atoms with van der Waals surface area (Å²) in [6.45, 7) is 8.62. The third-order valence-corrected chi connectivity index (χ3v) is 4.95. The van der Waals surface area contributed by atoms with Crippen LogP contribution in [0, 0.1) is 17.3 Å². The lowest BCUT2D eigenvalue weighted by Crippen LogP contribution is -2.19. The number of carbonyl (C=O) groups is 1. The first-order valence-corrected chi connectivity index (χ1v) is 8.83. The van der Waals surface area contributed by atoms with E-state index in [9.17, 15) is 4.79 Å². The highest BCUT2D eigenvalue weighted by molar-refractivity contribution is 5.81. The number of hydrogen-bond donors (Lipinski definition) is 1. The van der Waals surface area contributed by atoms with Crippen molar-refractivity contribution in [2.45, 2.75) is 66.2 Å². The van der Waals surface area contributed by atoms with Gasteiger partial charge in [0.05, 0.1) is 0 Å². The number of carboxylic acids is 1. The van der Waals surface area contributed by atoms with Gasteiger partial charge in [0, 0.05) is 17.2 Å². The number of carboxylic acid groups (broad SMARTS) is 1. The van der Waals surface area contributed by atoms with Crippen LogP contribution in [0.1, 0.15) is 66.2 Å². The third-order valence-electron chi connectivity index (χ3n) is 4.95. The molecule has 2 aliphatic carbocycles. The summed E-state index contributed by atoms with van der Waals surface area (Å²) in [5.74, 6) is 6.02. The summed E-state index contributed by atoms with van der Waals surface area (Å²) in [4.78, 5) is 10.7. The fraction of sp³-hybridized carbons (Fsp3) is 0.500. The normalized spacial score (nSPS) is 21.2. The van der Waals surface area contributed by atoms with Crippen LogP contribution in [0.4, 0.5) is 0 Å². The van der Waals surface area contributed by atoms with Crippen LogP contribution in [-0.2, 0) is 4.79 Å². The van der Waals surface area contributed by atoms with E-state index in [4.69, 9.17) is 5.11 Å². The summed E-state index contributed by atoms with van der Waals surface area (Å²) >= 11 is 0. The van der Waals surface area contributed by atoms with E-state index in [1.165, 1.54) is 47.6 Å². The van der Waals surface area contributed by atoms with E-state index in [1.54, 1.807) is 0 Å². The van der Waals surface area contributed by atoms with Gasteiger partial charge in [-0.3, -0.25) is 0 Å². The molecule has 2 nitrogen and oxygen atoms in total. The number of hydrogen-bond acceptors (Lipinski definition) is 1. The highest BCUT2D eigenvalue weighted by atomic mass is 16.4. The Morgan fingerprint density at radius 2 is 1.92 bits per heavy atom. The van der Waals surface area contributed by atoms with Gasteiger partial charge >= 0.3 is 5.97 Å². The second-order valence-corrected chi connectivity index (χ2v) is 7.56. The molecule has 0 aromatic rings. The average Bonchev–Trinajstić information content (AvgIpc) is 2.90. The molecule has 24 heavy (non-hydrogen) atoms. The fourth-order valence-corrected chi connectivity index (χ4v) is 3.61. The van der Waals surface area contributed by atoms with Gasteiger partial charge < -0.3 is 5.11 Å². The van der Waals surface area contributed by atoms with E-state index in [1.807, 2.05) is 19.1 Å². The molecular formula is C22H28O2. The van der Waals surface area contributed by atoms with Gasteiger partial charge in [0.15, 0.2) is 0 Å². The molecule has 0 saturated carbocycles. The van der Waals surface area contributed by atoms with Gasteiger partial charge in [-0.25, -0.2) is 4.79 Å². The topological polar surface area (TPSA) is 37.3 Å². The Morgan fingerprint density at radius 3 is 2.58 bits per heavy atom. The van der Waals surface area contributed by atoms with Crippen molar-refractivity contribution in [2.24, 2.45) is 5.41 Å². The molecule has 0 heterocycles. The predicted octanol–water partition coefficient (Wildman–Crippen LogP) is 5.58. The predicted molar refractivity (Wildman–Crippen MR) is 99.5 cm³/mol. The third kappa shape index (κ3) is 4.74. The van der Waals surface area contributed by atoms with Crippen LogP contribution in [0.3, 0.4) is 0 Å². The van der Waals surface area contributed by atoms with Crippen LogP contribution in [0.5, 0.6) is 0 Å². The van der Waals surface area contributed by atoms with E-state index in [0.717, 1.165) is 24.8 Å². The maximum absolute atomic E-state index is 10.7. The van der Waals surface area contributed by atoms with E-state index in [0.29, 0.717) is 0 Å². The van der Waals surface area contributed by atoms with Gasteiger partial charge in [-0.2, -0.15) is 0 Å². The van der Waals surface area contributed by atoms with Crippen LogP contribution in [0.15, 0.2) is 46.1 Å². The van der Waals surface area contributed by atoms with E-state index < -0.39 is 5.97 Å². The molecule has 0 aromatic carbocycles. The Hall–Kier alpha value is -2.01. The highest BCUT2D eigenvalue weighted by Crippen LogP contribution is 2.39. The Morgan fingerprint density at radius 1 is 1.17 bits per heavy atom. The molecule has 0 aromatic heterocycles. The van der Waals surface area contributed by atoms with Crippen molar-refractivity contribution >= 4 is 5.97 Å². The Kier molecular flexibility index (Phi) is 5.89. The number of rotatable bonds is 3. The number of allylic oxidation sites excluding steroid dienone is 7. The van der Waals surface area contributed by atoms with E-state index >= 15 is 0 Å². The Labute approximate surface area is 146 Å². The van der Waals surface area contributed by atoms with Crippen molar-refractivity contribution in [3.05, 3.63) is 46.1 Å². The minimum atomic E-state index is -0.903. The molecule has 0 aliphatic heterocycles. The van der Waals surface area contributed by atoms with Gasteiger partial charge in [-0.1, -0.05) is 43.4 Å². The van der Waals surface area contributed by atoms with Crippen molar-refractivity contribution in [1.82, 2.24) is 0 Å². The number of aliphatic carboxylic acids is 1. The van der Waals surface area contributed by atoms with Gasteiger partial charge in [0.1, 0.15) is 0 Å². The average molecular weight is 324 g/mol. The lowest BCUT2D eigenvalue weighted by Gasteiger charge is -2.31. The van der Waals surface area contributed by atoms with Crippen LogP contribution in [-0.4, -0.2) is 11.1 Å². The lowest BCUT2D eigenvalue weighted by atomic mass is 9.73. The fourth-order valence-electron chi connectivity index (χ4n) is 3.61. The minimum absolute atomic E-state index is 0.186. The summed E-state index contributed by atoms with van der Waals surface area (Å²) in [5.41, 5.74) is 6.17. The second-order valence-electron chi connectivity index (χ2n) is 7.56. The van der Waals surface area contributed by atoms with Gasteiger partial charge in [0.2, 0.25) is 0 Å². The van der Waals surface area contributed by atoms with Crippen molar-refractivity contribution < 1.29 is 9.90 Å². The maximum Gasteiger partial charge on any atom is 0.328 e. The molecule has 0 spiro atoms. The summed E-state index contributed by atoms with van der Waals surface area (Å²) in [7, 11) is 0. The monoisotopic (exact) mass is 324 g/mol. The molecule has 128 valence electrons. The molecular weight excluding hydrogens is 296 g/mol. The van der Waals surface area contributed by atoms with Gasteiger partial charge in [-0.15, -0.1) is 0 Å². The molecule has 2 aliphatic rings. The van der Waals surface area contributed by atoms with E-state index in [2.05, 4.69) is 32.6 Å². The standard InChI is InChI=1S/C22H28O2/c1-16(15-21(23)24)10-11-18-8-5-9-19(18)12-13-20-17(2)7-6-14-22(20,3)4/h10-11,15H,5-9,14H2,1-4H3,(H,23,24)/b11-10+,16-15+. The van der Waals surface area contributed by atoms with Gasteiger partial charge in [0.25, 0.3) is 0 Å². The summed E-state index contributed by atoms with van der Waals surface area (Å²) < 4.78 is 0. The van der Waals surface area contributed by atoms with Crippen molar-refractivity contribution in [1.29, 1.82) is 0 Å². The molecule has 2 heteroatoms. The lowest BCUT2D eigenvalue weighted by molar-refractivity contribution is -0.131. The second kappa shape index (κ2) is 7.71. The zero-order valence-electron chi connectivity index (χ0n) is 15.3. The van der Waals surface area contributed by atoms with Crippen molar-refractivity contribution in [2.75, 3.05) is 0 Å². The molecule has 0 radical (unpaired) electrons. The molecule has 0 unspecified atom stereocenters. The molecule has 0 atom stereocenters. The SMILES string of the molecule is CC1=C(C#CC2=C(/C=C/C(C)=C/C(=O)O)CCC2)C(C)(C)CCC1. The first kappa shape index (κ1) is 18.3. The smallest absolute Gasteiger partial charge is 0.328 e. The molecule has 0 fully saturated rings. The van der Waals surface area contributed by atoms with Crippen LogP contribution in [0.25, 0.3) is 0 Å². The first-order valence-electron chi connectivity index (χ1n) is 8.83. The van der Waals surface area contributed by atoms with Crippen molar-refractivity contribution in [3.63, 3.8) is 0 Å². The summed E-state index contributed by atoms with van der Waals surface area (Å²) in [5, 5.41) is 8.78. The van der Waals surface area contributed by atoms with Gasteiger partial charge in [-0.05, 0) is 68.9 Å². The molecule has 0 bridgehead atoms. The summed E-state index contributed by atoms with van der Waals surface area (Å²) in [6.07, 6.45) is 12.0. The molecule has 2 rings (SSSR count). The zero-order chi connectivity index (χ0) is 17.7. The maximum atomic E-state index is 10.7. The molecule has 0 amide bonds. The first-order chi connectivity index (χ1) is 11.3.